The second-order valence-corrected chi connectivity index (χ2v) is 11.0. The summed E-state index contributed by atoms with van der Waals surface area (Å²) in [5.41, 5.74) is 0.851. The summed E-state index contributed by atoms with van der Waals surface area (Å²) in [6.07, 6.45) is 9.27. The standard InChI is InChI=1S/C29H33ClO3/c1-4-15-29(32)26(30)14-13-25-23-11-7-19-16-20(31)8-12-22(19)27(23)24(17-28(25,29)2)18-5-9-21(33-3)10-6-18/h5-6,9-10,14,16,22-25,27,32H,7-8,11-13,17H2,1-3H3/t22?,23?,24-,25?,27?,28+,29+/m1/s1. The first-order valence-electron chi connectivity index (χ1n) is 12.2. The van der Waals surface area contributed by atoms with Gasteiger partial charge in [0, 0.05) is 11.8 Å². The lowest BCUT2D eigenvalue weighted by Gasteiger charge is -2.62. The molecule has 33 heavy (non-hydrogen) atoms. The number of hydrogen-bond donors (Lipinski definition) is 1. The molecule has 0 aliphatic heterocycles. The molecule has 4 aliphatic carbocycles. The van der Waals surface area contributed by atoms with E-state index in [0.717, 1.165) is 37.9 Å². The van der Waals surface area contributed by atoms with Crippen LogP contribution in [0.1, 0.15) is 63.9 Å². The molecule has 5 rings (SSSR count). The molecule has 4 aliphatic rings. The number of rotatable bonds is 2. The van der Waals surface area contributed by atoms with Gasteiger partial charge in [-0.3, -0.25) is 4.79 Å². The number of benzene rings is 1. The average Bonchev–Trinajstić information content (AvgIpc) is 2.81. The first kappa shape index (κ1) is 22.8. The molecule has 0 saturated heterocycles. The topological polar surface area (TPSA) is 46.5 Å². The molecule has 1 aromatic rings. The third-order valence-electron chi connectivity index (χ3n) is 9.27. The van der Waals surface area contributed by atoms with Crippen molar-refractivity contribution >= 4 is 17.4 Å². The number of carbonyl (C=O) groups is 1. The highest BCUT2D eigenvalue weighted by atomic mass is 35.5. The van der Waals surface area contributed by atoms with Crippen LogP contribution in [0, 0.1) is 40.9 Å². The minimum Gasteiger partial charge on any atom is -0.497 e. The molecule has 0 amide bonds. The van der Waals surface area contributed by atoms with Crippen molar-refractivity contribution in [1.82, 2.24) is 0 Å². The summed E-state index contributed by atoms with van der Waals surface area (Å²) in [5.74, 6) is 9.14. The molecule has 7 atom stereocenters. The van der Waals surface area contributed by atoms with Crippen LogP contribution in [0.2, 0.25) is 0 Å². The molecule has 0 bridgehead atoms. The van der Waals surface area contributed by atoms with Crippen LogP contribution in [-0.4, -0.2) is 23.6 Å². The van der Waals surface area contributed by atoms with E-state index in [4.69, 9.17) is 16.3 Å². The Hall–Kier alpha value is -2.02. The van der Waals surface area contributed by atoms with Gasteiger partial charge >= 0.3 is 0 Å². The fourth-order valence-electron chi connectivity index (χ4n) is 7.73. The van der Waals surface area contributed by atoms with Gasteiger partial charge in [-0.2, -0.15) is 0 Å². The van der Waals surface area contributed by atoms with E-state index >= 15 is 0 Å². The number of halogens is 1. The number of ketones is 1. The maximum atomic E-state index is 12.2. The van der Waals surface area contributed by atoms with Crippen molar-refractivity contribution in [2.24, 2.45) is 29.1 Å². The van der Waals surface area contributed by atoms with Gasteiger partial charge in [-0.15, -0.1) is 5.92 Å². The summed E-state index contributed by atoms with van der Waals surface area (Å²) in [6.45, 7) is 3.98. The number of carbonyl (C=O) groups excluding carboxylic acids is 1. The Labute approximate surface area is 202 Å². The number of ether oxygens (including phenoxy) is 1. The predicted octanol–water partition coefficient (Wildman–Crippen LogP) is 6.02. The summed E-state index contributed by atoms with van der Waals surface area (Å²) in [5, 5.41) is 12.4. The number of methoxy groups -OCH3 is 1. The van der Waals surface area contributed by atoms with Gasteiger partial charge in [-0.05, 0) is 92.4 Å². The maximum absolute atomic E-state index is 12.2. The Morgan fingerprint density at radius 2 is 1.91 bits per heavy atom. The van der Waals surface area contributed by atoms with Crippen LogP contribution < -0.4 is 4.74 Å². The molecule has 2 fully saturated rings. The van der Waals surface area contributed by atoms with Crippen LogP contribution in [0.4, 0.5) is 0 Å². The molecule has 4 heteroatoms. The van der Waals surface area contributed by atoms with Crippen LogP contribution in [0.3, 0.4) is 0 Å². The Morgan fingerprint density at radius 3 is 2.61 bits per heavy atom. The van der Waals surface area contributed by atoms with Gasteiger partial charge in [0.2, 0.25) is 0 Å². The van der Waals surface area contributed by atoms with E-state index in [9.17, 15) is 9.90 Å². The molecule has 4 unspecified atom stereocenters. The zero-order valence-corrected chi connectivity index (χ0v) is 20.5. The fraction of sp³-hybridized carbons (Fsp3) is 0.552. The first-order valence-corrected chi connectivity index (χ1v) is 12.6. The van der Waals surface area contributed by atoms with Gasteiger partial charge < -0.3 is 9.84 Å². The van der Waals surface area contributed by atoms with Gasteiger partial charge in [0.05, 0.1) is 12.1 Å². The number of allylic oxidation sites excluding steroid dienone is 3. The molecule has 174 valence electrons. The summed E-state index contributed by atoms with van der Waals surface area (Å²) in [4.78, 5) is 12.2. The fourth-order valence-corrected chi connectivity index (χ4v) is 8.08. The quantitative estimate of drug-likeness (QED) is 0.544. The maximum Gasteiger partial charge on any atom is 0.166 e. The van der Waals surface area contributed by atoms with Gasteiger partial charge in [0.15, 0.2) is 11.4 Å². The lowest BCUT2D eigenvalue weighted by atomic mass is 9.43. The third-order valence-corrected chi connectivity index (χ3v) is 9.69. The average molecular weight is 465 g/mol. The van der Waals surface area contributed by atoms with Crippen LogP contribution in [0.5, 0.6) is 5.75 Å². The third kappa shape index (κ3) is 3.41. The van der Waals surface area contributed by atoms with Crippen molar-refractivity contribution < 1.29 is 14.6 Å². The molecule has 1 N–H and O–H groups in total. The SMILES string of the molecule is CC#C[C@]1(O)C(Cl)=CCC2C3CCC4=CC(=O)CCC4C3[C@@H](c3ccc(OC)cc3)C[C@@]21C. The van der Waals surface area contributed by atoms with E-state index in [2.05, 4.69) is 30.9 Å². The monoisotopic (exact) mass is 464 g/mol. The van der Waals surface area contributed by atoms with Gasteiger partial charge in [0.1, 0.15) is 5.75 Å². The van der Waals surface area contributed by atoms with Crippen LogP contribution in [0.15, 0.2) is 47.0 Å². The summed E-state index contributed by atoms with van der Waals surface area (Å²) in [7, 11) is 1.69. The molecule has 0 aromatic heterocycles. The Balaban J connectivity index is 1.65. The van der Waals surface area contributed by atoms with Gasteiger partial charge in [0.25, 0.3) is 0 Å². The smallest absolute Gasteiger partial charge is 0.166 e. The van der Waals surface area contributed by atoms with Crippen LogP contribution >= 0.6 is 11.6 Å². The van der Waals surface area contributed by atoms with E-state index in [1.807, 2.05) is 24.3 Å². The molecular formula is C29H33ClO3. The van der Waals surface area contributed by atoms with Crippen molar-refractivity contribution in [2.45, 2.75) is 63.9 Å². The minimum absolute atomic E-state index is 0.261. The lowest BCUT2D eigenvalue weighted by molar-refractivity contribution is -0.125. The Bertz CT molecular complexity index is 1070. The second-order valence-electron chi connectivity index (χ2n) is 10.6. The van der Waals surface area contributed by atoms with Crippen molar-refractivity contribution in [3.05, 3.63) is 52.6 Å². The molecule has 1 aromatic carbocycles. The zero-order valence-electron chi connectivity index (χ0n) is 19.7. The number of hydrogen-bond acceptors (Lipinski definition) is 3. The first-order chi connectivity index (χ1) is 15.8. The molecule has 0 heterocycles. The summed E-state index contributed by atoms with van der Waals surface area (Å²) < 4.78 is 5.42. The number of fused-ring (bicyclic) bond motifs is 5. The highest BCUT2D eigenvalue weighted by Crippen LogP contribution is 2.67. The molecular weight excluding hydrogens is 432 g/mol. The van der Waals surface area contributed by atoms with E-state index in [-0.39, 0.29) is 11.7 Å². The van der Waals surface area contributed by atoms with E-state index in [1.54, 1.807) is 14.0 Å². The zero-order chi connectivity index (χ0) is 23.4. The van der Waals surface area contributed by atoms with E-state index in [0.29, 0.717) is 35.1 Å². The second kappa shape index (κ2) is 8.33. The summed E-state index contributed by atoms with van der Waals surface area (Å²) in [6, 6.07) is 8.44. The normalized spacial score (nSPS) is 39.7. The number of aliphatic hydroxyl groups is 1. The Morgan fingerprint density at radius 1 is 1.15 bits per heavy atom. The Kier molecular flexibility index (Phi) is 5.74. The lowest BCUT2D eigenvalue weighted by Crippen LogP contribution is -2.60. The van der Waals surface area contributed by atoms with Crippen LogP contribution in [-0.2, 0) is 4.79 Å². The molecule has 2 saturated carbocycles. The summed E-state index contributed by atoms with van der Waals surface area (Å²) >= 11 is 6.69. The highest BCUT2D eigenvalue weighted by Gasteiger charge is 2.63. The minimum atomic E-state index is -1.33. The molecule has 0 radical (unpaired) electrons. The largest absolute Gasteiger partial charge is 0.497 e. The van der Waals surface area contributed by atoms with Gasteiger partial charge in [-0.1, -0.05) is 48.2 Å². The van der Waals surface area contributed by atoms with Crippen molar-refractivity contribution in [2.75, 3.05) is 7.11 Å². The van der Waals surface area contributed by atoms with E-state index < -0.39 is 11.0 Å². The van der Waals surface area contributed by atoms with E-state index in [1.165, 1.54) is 11.1 Å². The molecule has 0 spiro atoms. The molecule has 3 nitrogen and oxygen atoms in total. The van der Waals surface area contributed by atoms with Gasteiger partial charge in [-0.25, -0.2) is 0 Å². The predicted molar refractivity (Wildman–Crippen MR) is 131 cm³/mol. The van der Waals surface area contributed by atoms with Crippen LogP contribution in [0.25, 0.3) is 0 Å². The van der Waals surface area contributed by atoms with Crippen molar-refractivity contribution in [1.29, 1.82) is 0 Å². The van der Waals surface area contributed by atoms with Crippen molar-refractivity contribution in [3.63, 3.8) is 0 Å². The van der Waals surface area contributed by atoms with Crippen molar-refractivity contribution in [3.8, 4) is 17.6 Å². The highest BCUT2D eigenvalue weighted by molar-refractivity contribution is 6.31.